The van der Waals surface area contributed by atoms with Crippen LogP contribution in [0.1, 0.15) is 30.3 Å². The van der Waals surface area contributed by atoms with E-state index in [-0.39, 0.29) is 11.3 Å². The molecule has 3 heterocycles. The van der Waals surface area contributed by atoms with Gasteiger partial charge in [0.2, 0.25) is 5.28 Å². The average Bonchev–Trinajstić information content (AvgIpc) is 3.32. The van der Waals surface area contributed by atoms with Crippen LogP contribution in [0.5, 0.6) is 0 Å². The number of nitrogens with zero attached hydrogens (tertiary/aromatic N) is 3. The fraction of sp³-hybridized carbons (Fsp3) is 0.429. The minimum Gasteiger partial charge on any atom is -0.387 e. The Morgan fingerprint density at radius 2 is 1.81 bits per heavy atom. The first kappa shape index (κ1) is 28.1. The molecule has 0 amide bonds. The van der Waals surface area contributed by atoms with Gasteiger partial charge in [0.25, 0.3) is 0 Å². The summed E-state index contributed by atoms with van der Waals surface area (Å²) >= 11 is 6.19. The number of aliphatic hydroxyl groups is 2. The van der Waals surface area contributed by atoms with Gasteiger partial charge in [-0.2, -0.15) is 4.98 Å². The quantitative estimate of drug-likeness (QED) is 0.161. The minimum atomic E-state index is -4.82. The van der Waals surface area contributed by atoms with Crippen LogP contribution in [0.4, 0.5) is 5.82 Å². The Bertz CT molecular complexity index is 1370. The maximum Gasteiger partial charge on any atom is 0.340 e. The minimum absolute atomic E-state index is 0.0716. The summed E-state index contributed by atoms with van der Waals surface area (Å²) < 4.78 is 34.9. The molecule has 6 N–H and O–H groups in total. The summed E-state index contributed by atoms with van der Waals surface area (Å²) in [5.74, 6) is -0.947. The molecule has 202 valence electrons. The van der Waals surface area contributed by atoms with Gasteiger partial charge in [-0.3, -0.25) is 9.13 Å². The van der Waals surface area contributed by atoms with E-state index in [0.717, 1.165) is 11.1 Å². The zero-order valence-electron chi connectivity index (χ0n) is 19.7. The van der Waals surface area contributed by atoms with Gasteiger partial charge in [-0.1, -0.05) is 29.8 Å². The number of benzene rings is 1. The molecule has 0 spiro atoms. The molecule has 1 saturated heterocycles. The van der Waals surface area contributed by atoms with Crippen LogP contribution in [0, 0.1) is 6.92 Å². The van der Waals surface area contributed by atoms with Crippen molar-refractivity contribution in [1.29, 1.82) is 0 Å². The van der Waals surface area contributed by atoms with Gasteiger partial charge in [-0.25, -0.2) is 4.98 Å². The highest BCUT2D eigenvalue weighted by molar-refractivity contribution is 7.70. The molecule has 1 fully saturated rings. The molecule has 1 aromatic carbocycles. The second-order valence-electron chi connectivity index (χ2n) is 8.86. The molecule has 1 aliphatic rings. The van der Waals surface area contributed by atoms with Crippen LogP contribution in [0.2, 0.25) is 5.28 Å². The Labute approximate surface area is 216 Å². The zero-order chi connectivity index (χ0) is 27.1. The third-order valence-corrected chi connectivity index (χ3v) is 9.52. The van der Waals surface area contributed by atoms with Crippen molar-refractivity contribution in [2.75, 3.05) is 17.8 Å². The van der Waals surface area contributed by atoms with Crippen LogP contribution in [0.15, 0.2) is 36.5 Å². The summed E-state index contributed by atoms with van der Waals surface area (Å²) in [6.45, 7) is 3.26. The summed E-state index contributed by atoms with van der Waals surface area (Å²) in [5.41, 5.74) is 2.45. The van der Waals surface area contributed by atoms with Gasteiger partial charge in [0.05, 0.1) is 12.0 Å². The molecule has 0 radical (unpaired) electrons. The molecule has 3 aromatic rings. The maximum absolute atomic E-state index is 11.9. The number of hydrogen-bond donors (Lipinski definition) is 6. The lowest BCUT2D eigenvalue weighted by Crippen LogP contribution is -2.33. The molecule has 0 saturated carbocycles. The lowest BCUT2D eigenvalue weighted by atomic mass is 10.1. The van der Waals surface area contributed by atoms with E-state index in [1.54, 1.807) is 12.3 Å². The summed E-state index contributed by atoms with van der Waals surface area (Å²) in [5, 5.41) is 24.9. The maximum atomic E-state index is 11.9. The SMILES string of the molecule is Cc1ccc([C@H](C)Nc2nc(Cl)nc3c2ccn3[C@@H]2O[C@H](COP(=O)(O)CP(=O)(O)O)[C@@H](O)[C@H]2O)cc1. The van der Waals surface area contributed by atoms with Crippen LogP contribution < -0.4 is 5.32 Å². The summed E-state index contributed by atoms with van der Waals surface area (Å²) in [4.78, 5) is 36.1. The second kappa shape index (κ2) is 10.7. The molecule has 1 unspecified atom stereocenters. The van der Waals surface area contributed by atoms with E-state index in [9.17, 15) is 24.2 Å². The monoisotopic (exact) mass is 576 g/mol. The number of aryl methyl sites for hydroxylation is 1. The number of fused-ring (bicyclic) bond motifs is 1. The Hall–Kier alpha value is -1.89. The van der Waals surface area contributed by atoms with Gasteiger partial charge in [-0.05, 0) is 37.1 Å². The highest BCUT2D eigenvalue weighted by Crippen LogP contribution is 2.55. The van der Waals surface area contributed by atoms with E-state index in [1.165, 1.54) is 4.57 Å². The molecular formula is C21H27ClN4O9P2. The first-order valence-corrected chi connectivity index (χ1v) is 15.1. The Morgan fingerprint density at radius 3 is 2.46 bits per heavy atom. The van der Waals surface area contributed by atoms with E-state index < -0.39 is 52.2 Å². The molecule has 16 heteroatoms. The third-order valence-electron chi connectivity index (χ3n) is 5.89. The molecule has 0 bridgehead atoms. The van der Waals surface area contributed by atoms with Crippen molar-refractivity contribution in [1.82, 2.24) is 14.5 Å². The predicted molar refractivity (Wildman–Crippen MR) is 134 cm³/mol. The van der Waals surface area contributed by atoms with Crippen molar-refractivity contribution in [2.24, 2.45) is 0 Å². The van der Waals surface area contributed by atoms with E-state index in [4.69, 9.17) is 30.6 Å². The molecule has 4 rings (SSSR count). The van der Waals surface area contributed by atoms with E-state index in [1.807, 2.05) is 38.1 Å². The molecule has 6 atom stereocenters. The molecule has 0 aliphatic carbocycles. The number of aliphatic hydroxyl groups excluding tert-OH is 2. The number of halogens is 1. The number of hydrogen-bond acceptors (Lipinski definition) is 9. The van der Waals surface area contributed by atoms with Crippen LogP contribution in [0.25, 0.3) is 11.0 Å². The lowest BCUT2D eigenvalue weighted by molar-refractivity contribution is -0.0481. The largest absolute Gasteiger partial charge is 0.387 e. The number of anilines is 1. The number of rotatable bonds is 9. The van der Waals surface area contributed by atoms with Gasteiger partial charge in [0.15, 0.2) is 12.1 Å². The van der Waals surface area contributed by atoms with Crippen molar-refractivity contribution in [3.8, 4) is 0 Å². The number of aromatic nitrogens is 3. The van der Waals surface area contributed by atoms with Gasteiger partial charge < -0.3 is 44.0 Å². The third kappa shape index (κ3) is 6.58. The molecule has 13 nitrogen and oxygen atoms in total. The van der Waals surface area contributed by atoms with Gasteiger partial charge in [0.1, 0.15) is 29.8 Å². The highest BCUT2D eigenvalue weighted by Gasteiger charge is 2.45. The topological polar surface area (TPSA) is 196 Å². The average molecular weight is 577 g/mol. The summed E-state index contributed by atoms with van der Waals surface area (Å²) in [7, 11) is -9.50. The summed E-state index contributed by atoms with van der Waals surface area (Å²) in [6, 6.07) is 9.55. The number of ether oxygens (including phenoxy) is 1. The molecule has 2 aromatic heterocycles. The molecule has 1 aliphatic heterocycles. The fourth-order valence-electron chi connectivity index (χ4n) is 4.03. The Morgan fingerprint density at radius 1 is 1.14 bits per heavy atom. The first-order valence-electron chi connectivity index (χ1n) is 11.1. The Kier molecular flexibility index (Phi) is 8.14. The standard InChI is InChI=1S/C21H27ClN4O9P2/c1-11-3-5-13(6-4-11)12(2)23-18-14-7-8-26(19(14)25-21(22)24-18)20-17(28)16(27)15(35-20)9-34-37(32,33)10-36(29,30)31/h3-8,12,15-17,20,27-28H,9-10H2,1-2H3,(H,32,33)(H,23,24,25)(H2,29,30,31)/t12-,15+,16+,17+,20+/m0/s1. The van der Waals surface area contributed by atoms with E-state index in [0.29, 0.717) is 16.9 Å². The predicted octanol–water partition coefficient (Wildman–Crippen LogP) is 2.52. The normalized spacial score (nSPS) is 24.8. The van der Waals surface area contributed by atoms with Crippen molar-refractivity contribution in [2.45, 2.75) is 44.4 Å². The van der Waals surface area contributed by atoms with Gasteiger partial charge >= 0.3 is 15.2 Å². The van der Waals surface area contributed by atoms with Crippen molar-refractivity contribution >= 4 is 43.6 Å². The van der Waals surface area contributed by atoms with Crippen LogP contribution >= 0.6 is 26.8 Å². The van der Waals surface area contributed by atoms with Crippen LogP contribution in [0.3, 0.4) is 0 Å². The first-order chi connectivity index (χ1) is 17.2. The summed E-state index contributed by atoms with van der Waals surface area (Å²) in [6.07, 6.45) is -3.90. The zero-order valence-corrected chi connectivity index (χ0v) is 22.3. The molecular weight excluding hydrogens is 550 g/mol. The van der Waals surface area contributed by atoms with Crippen LogP contribution in [-0.4, -0.2) is 70.3 Å². The lowest BCUT2D eigenvalue weighted by Gasteiger charge is -2.19. The Balaban J connectivity index is 1.55. The number of nitrogens with one attached hydrogen (secondary N) is 1. The highest BCUT2D eigenvalue weighted by atomic mass is 35.5. The smallest absolute Gasteiger partial charge is 0.340 e. The fourth-order valence-corrected chi connectivity index (χ4v) is 6.76. The van der Waals surface area contributed by atoms with Crippen LogP contribution in [-0.2, 0) is 18.4 Å². The van der Waals surface area contributed by atoms with E-state index >= 15 is 0 Å². The second-order valence-corrected chi connectivity index (χ2v) is 13.2. The van der Waals surface area contributed by atoms with Gasteiger partial charge in [0, 0.05) is 12.2 Å². The van der Waals surface area contributed by atoms with Crippen molar-refractivity contribution < 1.29 is 43.3 Å². The van der Waals surface area contributed by atoms with E-state index in [2.05, 4.69) is 15.3 Å². The molecule has 37 heavy (non-hydrogen) atoms. The van der Waals surface area contributed by atoms with Crippen molar-refractivity contribution in [3.05, 3.63) is 52.9 Å². The van der Waals surface area contributed by atoms with Gasteiger partial charge in [-0.15, -0.1) is 0 Å². The van der Waals surface area contributed by atoms with Crippen molar-refractivity contribution in [3.63, 3.8) is 0 Å².